The van der Waals surface area contributed by atoms with Crippen LogP contribution in [0.25, 0.3) is 6.08 Å². The molecule has 0 N–H and O–H groups in total. The van der Waals surface area contributed by atoms with E-state index in [2.05, 4.69) is 26.6 Å². The summed E-state index contributed by atoms with van der Waals surface area (Å²) in [5.41, 5.74) is 4.26. The van der Waals surface area contributed by atoms with Crippen LogP contribution in [0.2, 0.25) is 0 Å². The fourth-order valence-electron chi connectivity index (χ4n) is 0.722. The van der Waals surface area contributed by atoms with Gasteiger partial charge in [-0.25, -0.2) is 9.97 Å². The molecule has 3 nitrogen and oxygen atoms in total. The van der Waals surface area contributed by atoms with Crippen molar-refractivity contribution < 1.29 is 0 Å². The van der Waals surface area contributed by atoms with E-state index in [9.17, 15) is 0 Å². The number of hydrogen-bond acceptors (Lipinski definition) is 3. The average molecular weight is 129 g/mol. The van der Waals surface area contributed by atoms with Gasteiger partial charge in [-0.2, -0.15) is 4.99 Å². The van der Waals surface area contributed by atoms with E-state index in [-0.39, 0.29) is 0 Å². The smallest absolute Gasteiger partial charge is 0.118 e. The van der Waals surface area contributed by atoms with E-state index in [1.807, 2.05) is 0 Å². The van der Waals surface area contributed by atoms with Crippen molar-refractivity contribution in [3.8, 4) is 0 Å². The summed E-state index contributed by atoms with van der Waals surface area (Å²) in [6.45, 7) is 0. The number of aliphatic imine (C=N–C) groups is 1. The first-order valence-electron chi connectivity index (χ1n) is 2.81. The van der Waals surface area contributed by atoms with Crippen molar-refractivity contribution in [3.05, 3.63) is 23.9 Å². The standard InChI is InChI=1S/C7H3N3/c1-2-6-7(9-3-1)4-8-5-10-6/h2,4-5H. The Morgan fingerprint density at radius 2 is 2.40 bits per heavy atom. The fourth-order valence-corrected chi connectivity index (χ4v) is 0.722. The second-order valence-corrected chi connectivity index (χ2v) is 1.81. The van der Waals surface area contributed by atoms with Crippen molar-refractivity contribution in [2.24, 2.45) is 4.99 Å². The summed E-state index contributed by atoms with van der Waals surface area (Å²) >= 11 is 0. The lowest BCUT2D eigenvalue weighted by molar-refractivity contribution is 1.14. The average Bonchev–Trinajstić information content (AvgIpc) is 2.05. The predicted octanol–water partition coefficient (Wildman–Crippen LogP) is 0.960. The number of fused-ring (bicyclic) bond motifs is 1. The van der Waals surface area contributed by atoms with Crippen LogP contribution >= 0.6 is 0 Å². The van der Waals surface area contributed by atoms with Gasteiger partial charge in [-0.3, -0.25) is 0 Å². The maximum atomic E-state index is 3.96. The molecule has 46 valence electrons. The van der Waals surface area contributed by atoms with Crippen molar-refractivity contribution in [3.63, 3.8) is 0 Å². The van der Waals surface area contributed by atoms with E-state index in [1.165, 1.54) is 6.33 Å². The molecule has 0 aliphatic carbocycles. The molecule has 0 atom stereocenters. The molecule has 2 heterocycles. The molecule has 1 aliphatic rings. The van der Waals surface area contributed by atoms with Gasteiger partial charge in [-0.05, 0) is 5.73 Å². The molecule has 0 spiro atoms. The second kappa shape index (κ2) is 1.92. The van der Waals surface area contributed by atoms with Crippen LogP contribution in [-0.2, 0) is 0 Å². The van der Waals surface area contributed by atoms with Crippen LogP contribution < -0.4 is 0 Å². The zero-order chi connectivity index (χ0) is 6.81. The maximum absolute atomic E-state index is 3.96. The molecular weight excluding hydrogens is 126 g/mol. The van der Waals surface area contributed by atoms with E-state index in [1.54, 1.807) is 12.3 Å². The number of nitrogens with zero attached hydrogens (tertiary/aromatic N) is 3. The summed E-state index contributed by atoms with van der Waals surface area (Å²) in [5.74, 6) is 2.58. The molecule has 1 aromatic heterocycles. The van der Waals surface area contributed by atoms with Crippen LogP contribution in [0.3, 0.4) is 0 Å². The van der Waals surface area contributed by atoms with E-state index < -0.39 is 0 Å². The number of aromatic nitrogens is 2. The molecule has 0 amide bonds. The van der Waals surface area contributed by atoms with Gasteiger partial charge in [0.1, 0.15) is 17.7 Å². The lowest BCUT2D eigenvalue weighted by Gasteiger charge is -1.94. The van der Waals surface area contributed by atoms with Gasteiger partial charge in [0.25, 0.3) is 0 Å². The molecule has 0 unspecified atom stereocenters. The summed E-state index contributed by atoms with van der Waals surface area (Å²) in [5, 5.41) is 0. The first kappa shape index (κ1) is 5.12. The molecule has 3 heteroatoms. The zero-order valence-electron chi connectivity index (χ0n) is 5.07. The quantitative estimate of drug-likeness (QED) is 0.497. The molecule has 2 rings (SSSR count). The Bertz CT molecular complexity index is 320. The third-order valence-electron chi connectivity index (χ3n) is 1.17. The molecule has 0 fully saturated rings. The molecule has 10 heavy (non-hydrogen) atoms. The van der Waals surface area contributed by atoms with Crippen LogP contribution in [0, 0.1) is 0 Å². The SMILES string of the molecule is C1=C=Nc2cncnc2C=1. The number of rotatable bonds is 0. The Hall–Kier alpha value is -1.69. The first-order chi connectivity index (χ1) is 4.97. The highest BCUT2D eigenvalue weighted by Crippen LogP contribution is 2.15. The Morgan fingerprint density at radius 1 is 1.40 bits per heavy atom. The van der Waals surface area contributed by atoms with Gasteiger partial charge in [0, 0.05) is 11.9 Å². The van der Waals surface area contributed by atoms with Crippen LogP contribution in [0.4, 0.5) is 5.69 Å². The molecular formula is C7H3N3. The zero-order valence-corrected chi connectivity index (χ0v) is 5.07. The van der Waals surface area contributed by atoms with E-state index in [0.29, 0.717) is 0 Å². The van der Waals surface area contributed by atoms with Gasteiger partial charge in [0.2, 0.25) is 0 Å². The van der Waals surface area contributed by atoms with Gasteiger partial charge in [0.05, 0.1) is 6.20 Å². The fraction of sp³-hybridized carbons (Fsp3) is 0. The van der Waals surface area contributed by atoms with Crippen LogP contribution in [0.5, 0.6) is 0 Å². The highest BCUT2D eigenvalue weighted by Gasteiger charge is 1.98. The summed E-state index contributed by atoms with van der Waals surface area (Å²) < 4.78 is 0. The Balaban J connectivity index is 2.74. The Kier molecular flexibility index (Phi) is 0.984. The summed E-state index contributed by atoms with van der Waals surface area (Å²) in [6.07, 6.45) is 4.86. The van der Waals surface area contributed by atoms with E-state index in [4.69, 9.17) is 0 Å². The normalized spacial score (nSPS) is 11.6. The molecule has 0 radical (unpaired) electrons. The van der Waals surface area contributed by atoms with Gasteiger partial charge in [0.15, 0.2) is 0 Å². The van der Waals surface area contributed by atoms with Crippen molar-refractivity contribution in [1.82, 2.24) is 9.97 Å². The minimum atomic E-state index is 0.751. The van der Waals surface area contributed by atoms with Crippen LogP contribution in [-0.4, -0.2) is 15.8 Å². The third-order valence-corrected chi connectivity index (χ3v) is 1.17. The third kappa shape index (κ3) is 0.669. The minimum absolute atomic E-state index is 0.751. The molecule has 1 aromatic rings. The Labute approximate surface area is 57.5 Å². The van der Waals surface area contributed by atoms with Crippen molar-refractivity contribution in [2.75, 3.05) is 0 Å². The Morgan fingerprint density at radius 3 is 3.30 bits per heavy atom. The van der Waals surface area contributed by atoms with Crippen LogP contribution in [0.1, 0.15) is 5.69 Å². The second-order valence-electron chi connectivity index (χ2n) is 1.81. The van der Waals surface area contributed by atoms with Gasteiger partial charge < -0.3 is 0 Å². The van der Waals surface area contributed by atoms with E-state index in [0.717, 1.165) is 11.4 Å². The summed E-state index contributed by atoms with van der Waals surface area (Å²) in [6, 6.07) is 0. The molecule has 0 bridgehead atoms. The van der Waals surface area contributed by atoms with Crippen molar-refractivity contribution in [1.29, 1.82) is 0 Å². The first-order valence-corrected chi connectivity index (χ1v) is 2.81. The maximum Gasteiger partial charge on any atom is 0.118 e. The molecule has 1 aliphatic heterocycles. The summed E-state index contributed by atoms with van der Waals surface area (Å²) in [7, 11) is 0. The molecule has 0 aromatic carbocycles. The van der Waals surface area contributed by atoms with Crippen molar-refractivity contribution >= 4 is 17.6 Å². The largest absolute Gasteiger partial charge is 0.242 e. The van der Waals surface area contributed by atoms with Crippen LogP contribution in [0.15, 0.2) is 23.2 Å². The topological polar surface area (TPSA) is 38.1 Å². The van der Waals surface area contributed by atoms with E-state index >= 15 is 0 Å². The highest BCUT2D eigenvalue weighted by atomic mass is 14.9. The van der Waals surface area contributed by atoms with Gasteiger partial charge in [-0.15, -0.1) is 0 Å². The lowest BCUT2D eigenvalue weighted by Crippen LogP contribution is -1.84. The monoisotopic (exact) mass is 129 g/mol. The van der Waals surface area contributed by atoms with Crippen molar-refractivity contribution in [2.45, 2.75) is 0 Å². The van der Waals surface area contributed by atoms with Gasteiger partial charge >= 0.3 is 0 Å². The molecule has 0 saturated carbocycles. The molecule has 0 saturated heterocycles. The minimum Gasteiger partial charge on any atom is -0.242 e. The van der Waals surface area contributed by atoms with Gasteiger partial charge in [-0.1, -0.05) is 0 Å². The number of hydrogen-bond donors (Lipinski definition) is 0. The summed E-state index contributed by atoms with van der Waals surface area (Å²) in [4.78, 5) is 11.6. The lowest BCUT2D eigenvalue weighted by atomic mass is 10.3. The highest BCUT2D eigenvalue weighted by molar-refractivity contribution is 5.73. The predicted molar refractivity (Wildman–Crippen MR) is 37.1 cm³/mol.